The van der Waals surface area contributed by atoms with Crippen LogP contribution in [0.5, 0.6) is 0 Å². The zero-order valence-corrected chi connectivity index (χ0v) is 15.3. The van der Waals surface area contributed by atoms with E-state index in [9.17, 15) is 18.0 Å². The van der Waals surface area contributed by atoms with Gasteiger partial charge in [-0.25, -0.2) is 4.98 Å². The standard InChI is InChI=1S/C19H19F3N4O2/c1-10(23)6-7-24-17(27)14-9-15(25-18-16(14)11(2)26-28-18)12-4-3-5-13(8-12)19(20,21)22/h3-5,8-10H,6-7,23H2,1-2H3,(H,24,27). The van der Waals surface area contributed by atoms with Crippen LogP contribution in [0.4, 0.5) is 13.2 Å². The molecule has 0 bridgehead atoms. The maximum Gasteiger partial charge on any atom is 0.416 e. The van der Waals surface area contributed by atoms with Crippen LogP contribution in [0.1, 0.15) is 35.0 Å². The maximum atomic E-state index is 13.0. The number of halogens is 3. The van der Waals surface area contributed by atoms with Crippen molar-refractivity contribution in [2.75, 3.05) is 6.54 Å². The molecule has 0 radical (unpaired) electrons. The minimum absolute atomic E-state index is 0.0734. The Hall–Kier alpha value is -2.94. The average Bonchev–Trinajstić information content (AvgIpc) is 3.01. The lowest BCUT2D eigenvalue weighted by atomic mass is 10.0. The van der Waals surface area contributed by atoms with Gasteiger partial charge in [0.25, 0.3) is 11.6 Å². The number of fused-ring (bicyclic) bond motifs is 1. The summed E-state index contributed by atoms with van der Waals surface area (Å²) in [5.41, 5.74) is 6.08. The number of hydrogen-bond donors (Lipinski definition) is 2. The molecule has 0 fully saturated rings. The van der Waals surface area contributed by atoms with Crippen LogP contribution in [0.25, 0.3) is 22.4 Å². The molecule has 0 saturated carbocycles. The fourth-order valence-electron chi connectivity index (χ4n) is 2.79. The molecule has 2 aromatic heterocycles. The molecule has 1 aromatic carbocycles. The highest BCUT2D eigenvalue weighted by molar-refractivity contribution is 6.07. The van der Waals surface area contributed by atoms with E-state index in [0.29, 0.717) is 24.0 Å². The van der Waals surface area contributed by atoms with Gasteiger partial charge in [0.05, 0.1) is 27.9 Å². The molecule has 6 nitrogen and oxygen atoms in total. The quantitative estimate of drug-likeness (QED) is 0.691. The Morgan fingerprint density at radius 1 is 1.32 bits per heavy atom. The summed E-state index contributed by atoms with van der Waals surface area (Å²) in [7, 11) is 0. The number of benzene rings is 1. The monoisotopic (exact) mass is 392 g/mol. The third-order valence-corrected chi connectivity index (χ3v) is 4.23. The number of nitrogens with two attached hydrogens (primary N) is 1. The van der Waals surface area contributed by atoms with Crippen molar-refractivity contribution in [2.45, 2.75) is 32.5 Å². The summed E-state index contributed by atoms with van der Waals surface area (Å²) in [6, 6.07) is 6.11. The van der Waals surface area contributed by atoms with Crippen molar-refractivity contribution < 1.29 is 22.5 Å². The first-order valence-corrected chi connectivity index (χ1v) is 8.65. The Morgan fingerprint density at radius 3 is 2.75 bits per heavy atom. The Balaban J connectivity index is 2.05. The van der Waals surface area contributed by atoms with Crippen LogP contribution in [0.2, 0.25) is 0 Å². The first-order chi connectivity index (χ1) is 13.2. The van der Waals surface area contributed by atoms with Crippen LogP contribution in [-0.2, 0) is 6.18 Å². The van der Waals surface area contributed by atoms with Crippen LogP contribution in [0.3, 0.4) is 0 Å². The SMILES string of the molecule is Cc1noc2nc(-c3cccc(C(F)(F)F)c3)cc(C(=O)NCCC(C)N)c12. The number of aryl methyl sites for hydroxylation is 1. The van der Waals surface area contributed by atoms with Crippen molar-refractivity contribution >= 4 is 17.0 Å². The van der Waals surface area contributed by atoms with E-state index in [1.807, 2.05) is 6.92 Å². The lowest BCUT2D eigenvalue weighted by Gasteiger charge is -2.11. The van der Waals surface area contributed by atoms with E-state index in [0.717, 1.165) is 12.1 Å². The van der Waals surface area contributed by atoms with Gasteiger partial charge >= 0.3 is 6.18 Å². The molecule has 2 heterocycles. The molecular weight excluding hydrogens is 373 g/mol. The van der Waals surface area contributed by atoms with Crippen molar-refractivity contribution in [3.05, 3.63) is 47.2 Å². The lowest BCUT2D eigenvalue weighted by molar-refractivity contribution is -0.137. The minimum atomic E-state index is -4.48. The zero-order chi connectivity index (χ0) is 20.5. The van der Waals surface area contributed by atoms with Gasteiger partial charge in [-0.2, -0.15) is 13.2 Å². The molecule has 3 aromatic rings. The number of carbonyl (C=O) groups excluding carboxylic acids is 1. The number of alkyl halides is 3. The van der Waals surface area contributed by atoms with Gasteiger partial charge in [0.15, 0.2) is 0 Å². The molecule has 0 aliphatic rings. The molecule has 148 valence electrons. The van der Waals surface area contributed by atoms with E-state index in [1.165, 1.54) is 18.2 Å². The fourth-order valence-corrected chi connectivity index (χ4v) is 2.79. The second kappa shape index (κ2) is 7.59. The summed E-state index contributed by atoms with van der Waals surface area (Å²) in [6.07, 6.45) is -3.90. The van der Waals surface area contributed by atoms with E-state index >= 15 is 0 Å². The molecule has 0 aliphatic carbocycles. The van der Waals surface area contributed by atoms with Gasteiger partial charge in [-0.3, -0.25) is 4.79 Å². The molecule has 3 N–H and O–H groups in total. The van der Waals surface area contributed by atoms with E-state index in [2.05, 4.69) is 15.5 Å². The largest absolute Gasteiger partial charge is 0.416 e. The first-order valence-electron chi connectivity index (χ1n) is 8.65. The highest BCUT2D eigenvalue weighted by atomic mass is 19.4. The van der Waals surface area contributed by atoms with Gasteiger partial charge in [0, 0.05) is 18.2 Å². The second-order valence-electron chi connectivity index (χ2n) is 6.60. The number of hydrogen-bond acceptors (Lipinski definition) is 5. The Kier molecular flexibility index (Phi) is 5.37. The third kappa shape index (κ3) is 4.14. The van der Waals surface area contributed by atoms with E-state index in [4.69, 9.17) is 10.3 Å². The third-order valence-electron chi connectivity index (χ3n) is 4.23. The molecule has 1 unspecified atom stereocenters. The topological polar surface area (TPSA) is 94.0 Å². The molecule has 0 aliphatic heterocycles. The average molecular weight is 392 g/mol. The van der Waals surface area contributed by atoms with Crippen LogP contribution >= 0.6 is 0 Å². The van der Waals surface area contributed by atoms with Crippen LogP contribution < -0.4 is 11.1 Å². The summed E-state index contributed by atoms with van der Waals surface area (Å²) in [5, 5.41) is 7.00. The molecule has 3 rings (SSSR count). The Bertz CT molecular complexity index is 1010. The number of nitrogens with zero attached hydrogens (tertiary/aromatic N) is 2. The van der Waals surface area contributed by atoms with E-state index < -0.39 is 17.6 Å². The number of amides is 1. The van der Waals surface area contributed by atoms with Crippen molar-refractivity contribution in [1.29, 1.82) is 0 Å². The van der Waals surface area contributed by atoms with Gasteiger partial charge < -0.3 is 15.6 Å². The smallest absolute Gasteiger partial charge is 0.352 e. The first kappa shape index (κ1) is 19.8. The van der Waals surface area contributed by atoms with Gasteiger partial charge in [-0.1, -0.05) is 17.3 Å². The Labute approximate surface area is 158 Å². The van der Waals surface area contributed by atoms with E-state index in [-0.39, 0.29) is 28.6 Å². The normalized spacial score (nSPS) is 12.9. The van der Waals surface area contributed by atoms with Crippen LogP contribution in [0.15, 0.2) is 34.9 Å². The molecule has 0 saturated heterocycles. The number of nitrogens with one attached hydrogen (secondary N) is 1. The van der Waals surface area contributed by atoms with Crippen LogP contribution in [0, 0.1) is 6.92 Å². The van der Waals surface area contributed by atoms with Gasteiger partial charge in [0.2, 0.25) is 0 Å². The molecule has 9 heteroatoms. The van der Waals surface area contributed by atoms with Crippen molar-refractivity contribution in [1.82, 2.24) is 15.5 Å². The summed E-state index contributed by atoms with van der Waals surface area (Å²) in [5.74, 6) is -0.396. The van der Waals surface area contributed by atoms with Gasteiger partial charge in [0.1, 0.15) is 0 Å². The molecule has 1 amide bonds. The maximum absolute atomic E-state index is 13.0. The predicted molar refractivity (Wildman–Crippen MR) is 97.6 cm³/mol. The number of rotatable bonds is 5. The summed E-state index contributed by atoms with van der Waals surface area (Å²) in [6.45, 7) is 3.85. The number of pyridine rings is 1. The van der Waals surface area contributed by atoms with Crippen molar-refractivity contribution in [3.63, 3.8) is 0 Å². The van der Waals surface area contributed by atoms with Crippen molar-refractivity contribution in [2.24, 2.45) is 5.73 Å². The second-order valence-corrected chi connectivity index (χ2v) is 6.60. The highest BCUT2D eigenvalue weighted by Crippen LogP contribution is 2.33. The Morgan fingerprint density at radius 2 is 2.07 bits per heavy atom. The number of carbonyl (C=O) groups is 1. The minimum Gasteiger partial charge on any atom is -0.352 e. The van der Waals surface area contributed by atoms with Crippen LogP contribution in [-0.4, -0.2) is 28.6 Å². The molecule has 28 heavy (non-hydrogen) atoms. The predicted octanol–water partition coefficient (Wildman–Crippen LogP) is 3.68. The highest BCUT2D eigenvalue weighted by Gasteiger charge is 2.30. The van der Waals surface area contributed by atoms with Gasteiger partial charge in [-0.05, 0) is 38.5 Å². The molecule has 0 spiro atoms. The number of aromatic nitrogens is 2. The summed E-state index contributed by atoms with van der Waals surface area (Å²) < 4.78 is 44.2. The molecule has 1 atom stereocenters. The zero-order valence-electron chi connectivity index (χ0n) is 15.3. The lowest BCUT2D eigenvalue weighted by Crippen LogP contribution is -2.29. The molecular formula is C19H19F3N4O2. The summed E-state index contributed by atoms with van der Waals surface area (Å²) in [4.78, 5) is 16.9. The summed E-state index contributed by atoms with van der Waals surface area (Å²) >= 11 is 0. The van der Waals surface area contributed by atoms with Gasteiger partial charge in [-0.15, -0.1) is 0 Å². The van der Waals surface area contributed by atoms with Crippen molar-refractivity contribution in [3.8, 4) is 11.3 Å². The van der Waals surface area contributed by atoms with E-state index in [1.54, 1.807) is 6.92 Å². The fraction of sp³-hybridized carbons (Fsp3) is 0.316.